The summed E-state index contributed by atoms with van der Waals surface area (Å²) in [6.45, 7) is 3.93. The molecule has 1 amide bonds. The van der Waals surface area contributed by atoms with Crippen molar-refractivity contribution in [3.63, 3.8) is 0 Å². The number of aryl methyl sites for hydroxylation is 2. The lowest BCUT2D eigenvalue weighted by Crippen LogP contribution is -2.15. The average molecular weight is 291 g/mol. The molecule has 0 fully saturated rings. The van der Waals surface area contributed by atoms with Crippen molar-refractivity contribution < 1.29 is 14.7 Å². The molecular formula is C13H13N3O3S. The Morgan fingerprint density at radius 1 is 1.30 bits per heavy atom. The summed E-state index contributed by atoms with van der Waals surface area (Å²) in [5, 5.41) is 12.0. The molecule has 0 aromatic carbocycles. The van der Waals surface area contributed by atoms with E-state index >= 15 is 0 Å². The minimum Gasteiger partial charge on any atom is -0.477 e. The zero-order valence-corrected chi connectivity index (χ0v) is 11.8. The van der Waals surface area contributed by atoms with E-state index in [1.807, 2.05) is 13.8 Å². The maximum Gasteiger partial charge on any atom is 0.354 e. The van der Waals surface area contributed by atoms with Crippen molar-refractivity contribution in [2.45, 2.75) is 20.3 Å². The first-order valence-corrected chi connectivity index (χ1v) is 6.81. The molecule has 104 valence electrons. The monoisotopic (exact) mass is 291 g/mol. The quantitative estimate of drug-likeness (QED) is 0.902. The fraction of sp³-hybridized carbons (Fsp3) is 0.231. The van der Waals surface area contributed by atoms with Gasteiger partial charge in [-0.05, 0) is 25.5 Å². The molecule has 2 N–H and O–H groups in total. The number of aromatic carboxylic acids is 1. The summed E-state index contributed by atoms with van der Waals surface area (Å²) < 4.78 is 0. The summed E-state index contributed by atoms with van der Waals surface area (Å²) in [5.74, 6) is -1.64. The van der Waals surface area contributed by atoms with Crippen molar-refractivity contribution in [3.8, 4) is 0 Å². The highest BCUT2D eigenvalue weighted by Crippen LogP contribution is 2.22. The number of hydrogen-bond donors (Lipinski definition) is 2. The van der Waals surface area contributed by atoms with E-state index in [0.717, 1.165) is 17.0 Å². The van der Waals surface area contributed by atoms with Crippen LogP contribution in [0.5, 0.6) is 0 Å². The molecule has 0 aliphatic rings. The van der Waals surface area contributed by atoms with Gasteiger partial charge < -0.3 is 5.11 Å². The minimum absolute atomic E-state index is 0.0517. The Morgan fingerprint density at radius 2 is 2.00 bits per heavy atom. The smallest absolute Gasteiger partial charge is 0.354 e. The zero-order valence-electron chi connectivity index (χ0n) is 11.0. The van der Waals surface area contributed by atoms with Crippen molar-refractivity contribution in [1.82, 2.24) is 9.97 Å². The van der Waals surface area contributed by atoms with Crippen molar-refractivity contribution in [2.24, 2.45) is 0 Å². The van der Waals surface area contributed by atoms with Crippen LogP contribution < -0.4 is 5.32 Å². The molecule has 0 radical (unpaired) electrons. The summed E-state index contributed by atoms with van der Waals surface area (Å²) in [6.07, 6.45) is 0.797. The van der Waals surface area contributed by atoms with E-state index in [0.29, 0.717) is 5.13 Å². The van der Waals surface area contributed by atoms with Gasteiger partial charge in [-0.25, -0.2) is 14.8 Å². The normalized spacial score (nSPS) is 10.3. The fourth-order valence-electron chi connectivity index (χ4n) is 1.65. The first-order chi connectivity index (χ1) is 9.51. The average Bonchev–Trinajstić information content (AvgIpc) is 2.78. The van der Waals surface area contributed by atoms with Crippen LogP contribution in [0.3, 0.4) is 0 Å². The summed E-state index contributed by atoms with van der Waals surface area (Å²) >= 11 is 1.39. The van der Waals surface area contributed by atoms with Gasteiger partial charge in [0.1, 0.15) is 11.4 Å². The summed E-state index contributed by atoms with van der Waals surface area (Å²) in [4.78, 5) is 31.9. The number of thiazole rings is 1. The van der Waals surface area contributed by atoms with Gasteiger partial charge in [-0.3, -0.25) is 10.1 Å². The van der Waals surface area contributed by atoms with Crippen LogP contribution in [0.25, 0.3) is 0 Å². The lowest BCUT2D eigenvalue weighted by molar-refractivity contribution is 0.0690. The lowest BCUT2D eigenvalue weighted by atomic mass is 10.3. The summed E-state index contributed by atoms with van der Waals surface area (Å²) in [5.41, 5.74) is 0.829. The van der Waals surface area contributed by atoms with Gasteiger partial charge >= 0.3 is 5.97 Å². The van der Waals surface area contributed by atoms with Crippen molar-refractivity contribution in [2.75, 3.05) is 5.32 Å². The Hall–Kier alpha value is -2.28. The number of hydrogen-bond acceptors (Lipinski definition) is 5. The molecule has 0 atom stereocenters. The molecule has 0 unspecified atom stereocenters. The first kappa shape index (κ1) is 14.1. The molecule has 20 heavy (non-hydrogen) atoms. The predicted molar refractivity (Wildman–Crippen MR) is 75.4 cm³/mol. The number of rotatable bonds is 4. The maximum absolute atomic E-state index is 12.0. The van der Waals surface area contributed by atoms with Gasteiger partial charge in [0.2, 0.25) is 0 Å². The Kier molecular flexibility index (Phi) is 4.09. The topological polar surface area (TPSA) is 92.2 Å². The third-order valence-corrected chi connectivity index (χ3v) is 3.58. The maximum atomic E-state index is 12.0. The standard InChI is InChI=1S/C13H13N3O3S/c1-3-8-7(2)20-13(15-8)16-11(17)9-5-4-6-10(14-9)12(18)19/h4-6H,3H2,1-2H3,(H,18,19)(H,15,16,17). The van der Waals surface area contributed by atoms with E-state index in [-0.39, 0.29) is 11.4 Å². The number of carbonyl (C=O) groups excluding carboxylic acids is 1. The van der Waals surface area contributed by atoms with E-state index in [4.69, 9.17) is 5.11 Å². The second-order valence-corrected chi connectivity index (χ2v) is 5.25. The number of aromatic nitrogens is 2. The number of carbonyl (C=O) groups is 2. The Balaban J connectivity index is 2.19. The number of pyridine rings is 1. The van der Waals surface area contributed by atoms with E-state index in [9.17, 15) is 9.59 Å². The van der Waals surface area contributed by atoms with Crippen molar-refractivity contribution in [3.05, 3.63) is 40.2 Å². The lowest BCUT2D eigenvalue weighted by Gasteiger charge is -2.01. The van der Waals surface area contributed by atoms with Crippen LogP contribution in [-0.4, -0.2) is 27.0 Å². The number of carboxylic acid groups (broad SMARTS) is 1. The summed E-state index contributed by atoms with van der Waals surface area (Å²) in [6, 6.07) is 4.28. The van der Waals surface area contributed by atoms with E-state index in [2.05, 4.69) is 15.3 Å². The molecule has 0 aliphatic heterocycles. The predicted octanol–water partition coefficient (Wildman–Crippen LogP) is 2.36. The molecule has 2 rings (SSSR count). The Morgan fingerprint density at radius 3 is 2.60 bits per heavy atom. The van der Waals surface area contributed by atoms with Gasteiger partial charge in [0.05, 0.1) is 5.69 Å². The minimum atomic E-state index is -1.17. The molecule has 0 saturated heterocycles. The van der Waals surface area contributed by atoms with Crippen LogP contribution in [0.1, 0.15) is 38.5 Å². The molecule has 2 aromatic heterocycles. The Labute approximate surface area is 119 Å². The van der Waals surface area contributed by atoms with Gasteiger partial charge in [-0.2, -0.15) is 0 Å². The number of nitrogens with zero attached hydrogens (tertiary/aromatic N) is 2. The van der Waals surface area contributed by atoms with Crippen LogP contribution in [0.4, 0.5) is 5.13 Å². The largest absolute Gasteiger partial charge is 0.477 e. The van der Waals surface area contributed by atoms with Crippen LogP contribution in [0.15, 0.2) is 18.2 Å². The van der Waals surface area contributed by atoms with Crippen molar-refractivity contribution in [1.29, 1.82) is 0 Å². The number of nitrogens with one attached hydrogen (secondary N) is 1. The Bertz CT molecular complexity index is 667. The van der Waals surface area contributed by atoms with Gasteiger partial charge in [-0.1, -0.05) is 13.0 Å². The molecule has 0 bridgehead atoms. The van der Waals surface area contributed by atoms with Gasteiger partial charge in [0.15, 0.2) is 5.13 Å². The van der Waals surface area contributed by atoms with E-state index in [1.165, 1.54) is 29.5 Å². The van der Waals surface area contributed by atoms with Crippen molar-refractivity contribution >= 4 is 28.3 Å². The SMILES string of the molecule is CCc1nc(NC(=O)c2cccc(C(=O)O)n2)sc1C. The summed E-state index contributed by atoms with van der Waals surface area (Å²) in [7, 11) is 0. The molecule has 0 aliphatic carbocycles. The van der Waals surface area contributed by atoms with Gasteiger partial charge in [0, 0.05) is 4.88 Å². The third kappa shape index (κ3) is 3.00. The molecule has 2 heterocycles. The van der Waals surface area contributed by atoms with Gasteiger partial charge in [0.25, 0.3) is 5.91 Å². The van der Waals surface area contributed by atoms with E-state index in [1.54, 1.807) is 0 Å². The van der Waals surface area contributed by atoms with E-state index < -0.39 is 11.9 Å². The number of carboxylic acids is 1. The van der Waals surface area contributed by atoms with Crippen LogP contribution >= 0.6 is 11.3 Å². The molecule has 0 spiro atoms. The molecular weight excluding hydrogens is 278 g/mol. The second-order valence-electron chi connectivity index (χ2n) is 4.04. The highest BCUT2D eigenvalue weighted by Gasteiger charge is 2.14. The highest BCUT2D eigenvalue weighted by atomic mass is 32.1. The zero-order chi connectivity index (χ0) is 14.7. The first-order valence-electron chi connectivity index (χ1n) is 5.99. The molecule has 0 saturated carbocycles. The molecule has 2 aromatic rings. The van der Waals surface area contributed by atoms with Crippen LogP contribution in [0, 0.1) is 6.92 Å². The van der Waals surface area contributed by atoms with Gasteiger partial charge in [-0.15, -0.1) is 11.3 Å². The van der Waals surface area contributed by atoms with Crippen LogP contribution in [0.2, 0.25) is 0 Å². The highest BCUT2D eigenvalue weighted by molar-refractivity contribution is 7.15. The fourth-order valence-corrected chi connectivity index (χ4v) is 2.55. The molecule has 7 heteroatoms. The number of amides is 1. The molecule has 6 nitrogen and oxygen atoms in total. The second kappa shape index (κ2) is 5.79. The van der Waals surface area contributed by atoms with Crippen LogP contribution in [-0.2, 0) is 6.42 Å². The number of anilines is 1. The third-order valence-electron chi connectivity index (χ3n) is 2.65.